The number of rotatable bonds is 8. The molecule has 1 aliphatic carbocycles. The summed E-state index contributed by atoms with van der Waals surface area (Å²) < 4.78 is 0. The third-order valence-corrected chi connectivity index (χ3v) is 4.14. The van der Waals surface area contributed by atoms with Gasteiger partial charge in [0.2, 0.25) is 5.91 Å². The highest BCUT2D eigenvalue weighted by Crippen LogP contribution is 2.26. The predicted molar refractivity (Wildman–Crippen MR) is 84.6 cm³/mol. The van der Waals surface area contributed by atoms with Crippen molar-refractivity contribution in [2.24, 2.45) is 28.2 Å². The van der Waals surface area contributed by atoms with Gasteiger partial charge in [-0.15, -0.1) is 0 Å². The van der Waals surface area contributed by atoms with Gasteiger partial charge in [0.15, 0.2) is 5.03 Å². The fourth-order valence-electron chi connectivity index (χ4n) is 2.89. The van der Waals surface area contributed by atoms with Crippen LogP contribution in [0.3, 0.4) is 0 Å². The molecule has 0 aromatic carbocycles. The third kappa shape index (κ3) is 6.37. The van der Waals surface area contributed by atoms with E-state index in [2.05, 4.69) is 5.10 Å². The Morgan fingerprint density at radius 2 is 1.96 bits per heavy atom. The Balaban J connectivity index is 2.90. The summed E-state index contributed by atoms with van der Waals surface area (Å²) in [7, 11) is 0. The first-order valence-electron chi connectivity index (χ1n) is 7.77. The molecule has 0 spiro atoms. The summed E-state index contributed by atoms with van der Waals surface area (Å²) in [5.74, 6) is -0.781. The van der Waals surface area contributed by atoms with E-state index in [1.54, 1.807) is 0 Å². The van der Waals surface area contributed by atoms with Crippen LogP contribution in [-0.4, -0.2) is 52.1 Å². The molecule has 0 unspecified atom stereocenters. The van der Waals surface area contributed by atoms with Gasteiger partial charge < -0.3 is 27.2 Å². The summed E-state index contributed by atoms with van der Waals surface area (Å²) in [6.07, 6.45) is 3.42. The topological polar surface area (TPSA) is 174 Å². The standard InChI is InChI=1S/C13H26N6O4/c14-7-1-2-11(12(15)21)18(13(16)17-19(22)23)8-9-3-5-10(20)6-4-9/h9-11,20H,1-8,14H2,(H2,15,21)(H2,16,17)/t9?,10?,11-/m1/s1. The zero-order valence-electron chi connectivity index (χ0n) is 13.1. The second-order valence-corrected chi connectivity index (χ2v) is 5.87. The molecule has 0 aliphatic heterocycles. The number of aliphatic hydroxyl groups excluding tert-OH is 1. The molecule has 1 atom stereocenters. The van der Waals surface area contributed by atoms with E-state index in [0.29, 0.717) is 38.8 Å². The highest BCUT2D eigenvalue weighted by Gasteiger charge is 2.30. The minimum absolute atomic E-state index is 0.165. The number of carbonyl (C=O) groups is 1. The van der Waals surface area contributed by atoms with E-state index in [1.165, 1.54) is 4.90 Å². The summed E-state index contributed by atoms with van der Waals surface area (Å²) in [5, 5.41) is 22.4. The maximum absolute atomic E-state index is 11.8. The molecular weight excluding hydrogens is 304 g/mol. The number of aliphatic hydroxyl groups is 1. The van der Waals surface area contributed by atoms with Crippen LogP contribution < -0.4 is 17.2 Å². The van der Waals surface area contributed by atoms with E-state index < -0.39 is 17.0 Å². The van der Waals surface area contributed by atoms with Gasteiger partial charge in [0, 0.05) is 6.54 Å². The fourth-order valence-corrected chi connectivity index (χ4v) is 2.89. The Morgan fingerprint density at radius 3 is 2.43 bits per heavy atom. The van der Waals surface area contributed by atoms with Crippen molar-refractivity contribution < 1.29 is 14.9 Å². The van der Waals surface area contributed by atoms with Crippen molar-refractivity contribution in [3.05, 3.63) is 10.1 Å². The van der Waals surface area contributed by atoms with Gasteiger partial charge in [-0.2, -0.15) is 0 Å². The number of hydrogen-bond donors (Lipinski definition) is 4. The van der Waals surface area contributed by atoms with Crippen LogP contribution >= 0.6 is 0 Å². The lowest BCUT2D eigenvalue weighted by atomic mass is 9.87. The van der Waals surface area contributed by atoms with Crippen molar-refractivity contribution in [2.75, 3.05) is 13.1 Å². The molecule has 10 heteroatoms. The smallest absolute Gasteiger partial charge is 0.269 e. The van der Waals surface area contributed by atoms with E-state index in [0.717, 1.165) is 12.8 Å². The largest absolute Gasteiger partial charge is 0.393 e. The zero-order valence-corrected chi connectivity index (χ0v) is 13.1. The van der Waals surface area contributed by atoms with Crippen molar-refractivity contribution in [1.82, 2.24) is 4.90 Å². The van der Waals surface area contributed by atoms with Gasteiger partial charge >= 0.3 is 0 Å². The minimum Gasteiger partial charge on any atom is -0.393 e. The van der Waals surface area contributed by atoms with Crippen molar-refractivity contribution in [1.29, 1.82) is 0 Å². The van der Waals surface area contributed by atoms with E-state index in [9.17, 15) is 20.0 Å². The van der Waals surface area contributed by atoms with Gasteiger partial charge in [-0.1, -0.05) is 0 Å². The molecule has 1 fully saturated rings. The Labute approximate surface area is 134 Å². The van der Waals surface area contributed by atoms with Gasteiger partial charge in [0.1, 0.15) is 11.1 Å². The first kappa shape index (κ1) is 19.1. The number of hydrazone groups is 1. The molecule has 7 N–H and O–H groups in total. The first-order valence-corrected chi connectivity index (χ1v) is 7.77. The lowest BCUT2D eigenvalue weighted by Crippen LogP contribution is -2.53. The number of nitro groups is 1. The molecule has 1 amide bonds. The number of hydrogen-bond acceptors (Lipinski definition) is 5. The molecule has 0 radical (unpaired) electrons. The highest BCUT2D eigenvalue weighted by molar-refractivity contribution is 5.87. The SMILES string of the molecule is NCCC[C@H](C(N)=O)N(CC1CCC(O)CC1)C(N)=N[N+](=O)[O-]. The summed E-state index contributed by atoms with van der Waals surface area (Å²) in [5.41, 5.74) is 16.6. The van der Waals surface area contributed by atoms with Gasteiger partial charge in [-0.3, -0.25) is 4.79 Å². The summed E-state index contributed by atoms with van der Waals surface area (Å²) in [6, 6.07) is -0.783. The van der Waals surface area contributed by atoms with E-state index >= 15 is 0 Å². The Hall–Kier alpha value is -1.94. The van der Waals surface area contributed by atoms with Crippen LogP contribution in [-0.2, 0) is 4.79 Å². The normalized spacial score (nSPS) is 23.3. The maximum atomic E-state index is 11.8. The van der Waals surface area contributed by atoms with Crippen LogP contribution in [0.25, 0.3) is 0 Å². The first-order chi connectivity index (χ1) is 10.8. The molecule has 0 bridgehead atoms. The summed E-state index contributed by atoms with van der Waals surface area (Å²) in [4.78, 5) is 23.8. The molecule has 1 saturated carbocycles. The maximum Gasteiger partial charge on any atom is 0.269 e. The van der Waals surface area contributed by atoms with Crippen LogP contribution in [0.2, 0.25) is 0 Å². The number of primary amides is 1. The van der Waals surface area contributed by atoms with E-state index in [1.807, 2.05) is 0 Å². The van der Waals surface area contributed by atoms with E-state index in [-0.39, 0.29) is 18.0 Å². The number of nitrogens with zero attached hydrogens (tertiary/aromatic N) is 3. The van der Waals surface area contributed by atoms with Gasteiger partial charge in [0.25, 0.3) is 5.96 Å². The van der Waals surface area contributed by atoms with Crippen LogP contribution in [0.1, 0.15) is 38.5 Å². The molecule has 1 aliphatic rings. The molecule has 0 heterocycles. The van der Waals surface area contributed by atoms with Crippen molar-refractivity contribution >= 4 is 11.9 Å². The number of nitrogens with two attached hydrogens (primary N) is 3. The van der Waals surface area contributed by atoms with Gasteiger partial charge in [0.05, 0.1) is 6.10 Å². The molecule has 132 valence electrons. The Bertz CT molecular complexity index is 436. The number of amides is 1. The average Bonchev–Trinajstić information content (AvgIpc) is 2.47. The van der Waals surface area contributed by atoms with Crippen molar-refractivity contribution in [3.63, 3.8) is 0 Å². The van der Waals surface area contributed by atoms with Gasteiger partial charge in [-0.05, 0) is 51.0 Å². The molecule has 0 aromatic heterocycles. The molecule has 23 heavy (non-hydrogen) atoms. The van der Waals surface area contributed by atoms with E-state index in [4.69, 9.17) is 17.2 Å². The number of carbonyl (C=O) groups excluding carboxylic acids is 1. The lowest BCUT2D eigenvalue weighted by Gasteiger charge is -2.34. The molecule has 10 nitrogen and oxygen atoms in total. The highest BCUT2D eigenvalue weighted by atomic mass is 16.7. The van der Waals surface area contributed by atoms with Crippen LogP contribution in [0, 0.1) is 16.0 Å². The summed E-state index contributed by atoms with van der Waals surface area (Å²) >= 11 is 0. The van der Waals surface area contributed by atoms with Crippen molar-refractivity contribution in [2.45, 2.75) is 50.7 Å². The Morgan fingerprint density at radius 1 is 1.35 bits per heavy atom. The minimum atomic E-state index is -0.895. The lowest BCUT2D eigenvalue weighted by molar-refractivity contribution is -0.485. The molecular formula is C13H26N6O4. The second-order valence-electron chi connectivity index (χ2n) is 5.87. The van der Waals surface area contributed by atoms with Crippen LogP contribution in [0.15, 0.2) is 5.10 Å². The molecule has 0 saturated heterocycles. The van der Waals surface area contributed by atoms with Crippen LogP contribution in [0.5, 0.6) is 0 Å². The second kappa shape index (κ2) is 9.26. The molecule has 0 aromatic rings. The monoisotopic (exact) mass is 330 g/mol. The third-order valence-electron chi connectivity index (χ3n) is 4.14. The van der Waals surface area contributed by atoms with Gasteiger partial charge in [-0.25, -0.2) is 10.1 Å². The quantitative estimate of drug-likeness (QED) is 0.190. The van der Waals surface area contributed by atoms with Crippen LogP contribution in [0.4, 0.5) is 0 Å². The summed E-state index contributed by atoms with van der Waals surface area (Å²) in [6.45, 7) is 0.716. The average molecular weight is 330 g/mol. The fraction of sp³-hybridized carbons (Fsp3) is 0.846. The zero-order chi connectivity index (χ0) is 17.4. The van der Waals surface area contributed by atoms with Crippen molar-refractivity contribution in [3.8, 4) is 0 Å². The predicted octanol–water partition coefficient (Wildman–Crippen LogP) is -1.06. The number of guanidine groups is 1. The Kier molecular flexibility index (Phi) is 7.69. The molecule has 1 rings (SSSR count).